The number of aliphatic carboxylic acids is 1. The van der Waals surface area contributed by atoms with E-state index in [1.54, 1.807) is 0 Å². The van der Waals surface area contributed by atoms with E-state index in [-0.39, 0.29) is 17.9 Å². The fraction of sp³-hybridized carbons (Fsp3) is 0.467. The van der Waals surface area contributed by atoms with Gasteiger partial charge in [-0.15, -0.1) is 0 Å². The molecule has 2 aliphatic rings. The summed E-state index contributed by atoms with van der Waals surface area (Å²) >= 11 is 0. The largest absolute Gasteiger partial charge is 0.481 e. The van der Waals surface area contributed by atoms with Crippen molar-refractivity contribution in [3.8, 4) is 0 Å². The lowest BCUT2D eigenvalue weighted by atomic mass is 9.87. The standard InChI is InChI=1S/C15H17NO3/c17-14(11-8-12(11)15(18)19)16-13-7-3-5-9-4-1-2-6-10(9)13/h1-2,4,6,11-13H,3,5,7-8H2,(H,16,17)(H,18,19)/t11-,12+,13?/m1/s1. The Hall–Kier alpha value is -1.84. The summed E-state index contributed by atoms with van der Waals surface area (Å²) in [7, 11) is 0. The number of fused-ring (bicyclic) bond motifs is 1. The first-order chi connectivity index (χ1) is 9.16. The number of nitrogens with one attached hydrogen (secondary N) is 1. The van der Waals surface area contributed by atoms with E-state index in [0.717, 1.165) is 19.3 Å². The second-order valence-electron chi connectivity index (χ2n) is 5.44. The molecule has 0 aliphatic heterocycles. The molecule has 1 aromatic rings. The van der Waals surface area contributed by atoms with Gasteiger partial charge < -0.3 is 10.4 Å². The average Bonchev–Trinajstić information content (AvgIpc) is 3.19. The van der Waals surface area contributed by atoms with Crippen LogP contribution in [0.1, 0.15) is 36.4 Å². The highest BCUT2D eigenvalue weighted by atomic mass is 16.4. The number of benzene rings is 1. The number of amides is 1. The third-order valence-corrected chi connectivity index (χ3v) is 4.13. The van der Waals surface area contributed by atoms with E-state index < -0.39 is 11.9 Å². The van der Waals surface area contributed by atoms with E-state index in [1.807, 2.05) is 12.1 Å². The summed E-state index contributed by atoms with van der Waals surface area (Å²) in [4.78, 5) is 22.8. The van der Waals surface area contributed by atoms with Crippen LogP contribution in [-0.4, -0.2) is 17.0 Å². The van der Waals surface area contributed by atoms with E-state index in [0.29, 0.717) is 6.42 Å². The van der Waals surface area contributed by atoms with Gasteiger partial charge in [-0.1, -0.05) is 24.3 Å². The van der Waals surface area contributed by atoms with Crippen molar-refractivity contribution in [3.05, 3.63) is 35.4 Å². The second-order valence-corrected chi connectivity index (χ2v) is 5.44. The number of hydrogen-bond acceptors (Lipinski definition) is 2. The van der Waals surface area contributed by atoms with Crippen LogP contribution in [0.25, 0.3) is 0 Å². The van der Waals surface area contributed by atoms with E-state index in [2.05, 4.69) is 17.4 Å². The third-order valence-electron chi connectivity index (χ3n) is 4.13. The van der Waals surface area contributed by atoms with Gasteiger partial charge in [0.1, 0.15) is 0 Å². The first-order valence-electron chi connectivity index (χ1n) is 6.78. The van der Waals surface area contributed by atoms with Gasteiger partial charge in [0.15, 0.2) is 0 Å². The zero-order chi connectivity index (χ0) is 13.4. The van der Waals surface area contributed by atoms with Crippen LogP contribution < -0.4 is 5.32 Å². The number of carbonyl (C=O) groups excluding carboxylic acids is 1. The van der Waals surface area contributed by atoms with Crippen LogP contribution in [0, 0.1) is 11.8 Å². The minimum absolute atomic E-state index is 0.0486. The quantitative estimate of drug-likeness (QED) is 0.871. The molecular weight excluding hydrogens is 242 g/mol. The van der Waals surface area contributed by atoms with Gasteiger partial charge in [0, 0.05) is 0 Å². The summed E-state index contributed by atoms with van der Waals surface area (Å²) in [6.07, 6.45) is 3.54. The first-order valence-corrected chi connectivity index (χ1v) is 6.78. The highest BCUT2D eigenvalue weighted by Crippen LogP contribution is 2.40. The second kappa shape index (κ2) is 4.68. The van der Waals surface area contributed by atoms with Crippen LogP contribution in [0.4, 0.5) is 0 Å². The maximum absolute atomic E-state index is 12.0. The molecule has 3 rings (SSSR count). The van der Waals surface area contributed by atoms with Crippen molar-refractivity contribution < 1.29 is 14.7 Å². The van der Waals surface area contributed by atoms with Crippen LogP contribution in [0.15, 0.2) is 24.3 Å². The van der Waals surface area contributed by atoms with Gasteiger partial charge in [-0.3, -0.25) is 9.59 Å². The van der Waals surface area contributed by atoms with E-state index in [1.165, 1.54) is 11.1 Å². The van der Waals surface area contributed by atoms with E-state index in [9.17, 15) is 9.59 Å². The Morgan fingerprint density at radius 3 is 2.74 bits per heavy atom. The summed E-state index contributed by atoms with van der Waals surface area (Å²) in [5, 5.41) is 11.9. The van der Waals surface area contributed by atoms with Crippen molar-refractivity contribution in [1.82, 2.24) is 5.32 Å². The lowest BCUT2D eigenvalue weighted by Gasteiger charge is -2.26. The first kappa shape index (κ1) is 12.2. The van der Waals surface area contributed by atoms with Gasteiger partial charge in [-0.25, -0.2) is 0 Å². The molecule has 100 valence electrons. The molecule has 1 fully saturated rings. The molecule has 19 heavy (non-hydrogen) atoms. The van der Waals surface area contributed by atoms with Crippen LogP contribution in [0.2, 0.25) is 0 Å². The molecule has 2 N–H and O–H groups in total. The smallest absolute Gasteiger partial charge is 0.307 e. The normalized spacial score (nSPS) is 28.3. The number of carboxylic acids is 1. The summed E-state index contributed by atoms with van der Waals surface area (Å²) in [6.45, 7) is 0. The third kappa shape index (κ3) is 2.35. The van der Waals surface area contributed by atoms with Crippen molar-refractivity contribution in [1.29, 1.82) is 0 Å². The molecule has 2 aliphatic carbocycles. The molecule has 1 aromatic carbocycles. The Bertz CT molecular complexity index is 526. The molecule has 1 saturated carbocycles. The van der Waals surface area contributed by atoms with Gasteiger partial charge in [-0.05, 0) is 36.8 Å². The lowest BCUT2D eigenvalue weighted by Crippen LogP contribution is -2.32. The highest BCUT2D eigenvalue weighted by Gasteiger charge is 2.48. The molecule has 3 atom stereocenters. The van der Waals surface area contributed by atoms with Crippen LogP contribution in [-0.2, 0) is 16.0 Å². The molecule has 4 heteroatoms. The predicted octanol–water partition coefficient (Wildman–Crippen LogP) is 1.90. The Morgan fingerprint density at radius 2 is 2.00 bits per heavy atom. The zero-order valence-corrected chi connectivity index (χ0v) is 10.6. The monoisotopic (exact) mass is 259 g/mol. The van der Waals surface area contributed by atoms with Gasteiger partial charge >= 0.3 is 5.97 Å². The average molecular weight is 259 g/mol. The van der Waals surface area contributed by atoms with Crippen LogP contribution in [0.3, 0.4) is 0 Å². The summed E-state index contributed by atoms with van der Waals surface area (Å²) < 4.78 is 0. The minimum Gasteiger partial charge on any atom is -0.481 e. The molecule has 0 spiro atoms. The number of carbonyl (C=O) groups is 2. The maximum atomic E-state index is 12.0. The molecular formula is C15H17NO3. The molecule has 0 radical (unpaired) electrons. The number of carboxylic acid groups (broad SMARTS) is 1. The molecule has 0 saturated heterocycles. The lowest BCUT2D eigenvalue weighted by molar-refractivity contribution is -0.140. The molecule has 1 unspecified atom stereocenters. The SMILES string of the molecule is O=C(O)[C@H]1C[C@H]1C(=O)NC1CCCc2ccccc21. The summed E-state index contributed by atoms with van der Waals surface area (Å²) in [5.41, 5.74) is 2.49. The van der Waals surface area contributed by atoms with Gasteiger partial charge in [0.2, 0.25) is 5.91 Å². The number of rotatable bonds is 3. The fourth-order valence-electron chi connectivity index (χ4n) is 2.94. The molecule has 0 aromatic heterocycles. The van der Waals surface area contributed by atoms with Crippen molar-refractivity contribution in [2.24, 2.45) is 11.8 Å². The maximum Gasteiger partial charge on any atom is 0.307 e. The topological polar surface area (TPSA) is 66.4 Å². The Morgan fingerprint density at radius 1 is 1.21 bits per heavy atom. The summed E-state index contributed by atoms with van der Waals surface area (Å²) in [6, 6.07) is 8.21. The van der Waals surface area contributed by atoms with Crippen LogP contribution >= 0.6 is 0 Å². The zero-order valence-electron chi connectivity index (χ0n) is 10.6. The van der Waals surface area contributed by atoms with Gasteiger partial charge in [-0.2, -0.15) is 0 Å². The highest BCUT2D eigenvalue weighted by molar-refractivity contribution is 5.89. The fourth-order valence-corrected chi connectivity index (χ4v) is 2.94. The van der Waals surface area contributed by atoms with Crippen molar-refractivity contribution in [3.63, 3.8) is 0 Å². The summed E-state index contributed by atoms with van der Waals surface area (Å²) in [5.74, 6) is -1.76. The Balaban J connectivity index is 1.68. The molecule has 0 heterocycles. The predicted molar refractivity (Wildman–Crippen MR) is 69.5 cm³/mol. The van der Waals surface area contributed by atoms with Gasteiger partial charge in [0.05, 0.1) is 17.9 Å². The minimum atomic E-state index is -0.857. The molecule has 0 bridgehead atoms. The van der Waals surface area contributed by atoms with Gasteiger partial charge in [0.25, 0.3) is 0 Å². The number of hydrogen-bond donors (Lipinski definition) is 2. The van der Waals surface area contributed by atoms with Crippen molar-refractivity contribution in [2.75, 3.05) is 0 Å². The number of aryl methyl sites for hydroxylation is 1. The van der Waals surface area contributed by atoms with E-state index in [4.69, 9.17) is 5.11 Å². The van der Waals surface area contributed by atoms with E-state index >= 15 is 0 Å². The Labute approximate surface area is 111 Å². The molecule has 1 amide bonds. The van der Waals surface area contributed by atoms with Crippen molar-refractivity contribution in [2.45, 2.75) is 31.7 Å². The van der Waals surface area contributed by atoms with Crippen molar-refractivity contribution >= 4 is 11.9 Å². The molecule has 4 nitrogen and oxygen atoms in total. The van der Waals surface area contributed by atoms with Crippen LogP contribution in [0.5, 0.6) is 0 Å². The Kier molecular flexibility index (Phi) is 3.01.